The van der Waals surface area contributed by atoms with Gasteiger partial charge in [0.1, 0.15) is 11.7 Å². The highest BCUT2D eigenvalue weighted by molar-refractivity contribution is 5.39. The van der Waals surface area contributed by atoms with Crippen molar-refractivity contribution in [2.24, 2.45) is 28.6 Å². The van der Waals surface area contributed by atoms with Gasteiger partial charge >= 0.3 is 5.63 Å². The summed E-state index contributed by atoms with van der Waals surface area (Å²) in [6.07, 6.45) is 5.08. The zero-order valence-electron chi connectivity index (χ0n) is 17.7. The van der Waals surface area contributed by atoms with E-state index >= 15 is 0 Å². The molecular formula is C24H32O6. The maximum Gasteiger partial charge on any atom is 0.335 e. The van der Waals surface area contributed by atoms with E-state index < -0.39 is 28.8 Å². The van der Waals surface area contributed by atoms with Crippen molar-refractivity contribution in [3.8, 4) is 0 Å². The predicted molar refractivity (Wildman–Crippen MR) is 108 cm³/mol. The van der Waals surface area contributed by atoms with Crippen LogP contribution in [0.1, 0.15) is 63.9 Å². The van der Waals surface area contributed by atoms with Gasteiger partial charge in [0.05, 0.1) is 24.6 Å². The summed E-state index contributed by atoms with van der Waals surface area (Å²) < 4.78 is 11.5. The van der Waals surface area contributed by atoms with Gasteiger partial charge in [0.2, 0.25) is 0 Å². The Hall–Kier alpha value is -1.21. The standard InChI is InChI=1S/C24H32O6/c1-22-8-7-14(25)9-13(22)4-5-15-16(22)10-17(26)23(2)19(12-3-6-18(27)29-11-12)20(28)21-24(15,23)30-21/h3,6,11,13-17,19-21,25-26,28H,4-5,7-10H2,1-2H3/t13-,14+,15-,16+,17+,19+,20+,21-,22+,23-,24-/m1/s1. The van der Waals surface area contributed by atoms with Crippen LogP contribution in [0.4, 0.5) is 0 Å². The van der Waals surface area contributed by atoms with Gasteiger partial charge in [-0.1, -0.05) is 13.8 Å². The Morgan fingerprint density at radius 3 is 2.57 bits per heavy atom. The highest BCUT2D eigenvalue weighted by Crippen LogP contribution is 2.77. The van der Waals surface area contributed by atoms with E-state index in [1.165, 1.54) is 12.3 Å². The molecule has 1 aromatic heterocycles. The SMILES string of the molecule is C[C@]12CC[C@H](O)C[C@H]1CC[C@@H]1[C@@H]2C[C@H](O)[C@]2(C)[C@@H](c3ccc(=O)oc3)[C@H](O)[C@H]3O[C@]132. The smallest absolute Gasteiger partial charge is 0.335 e. The van der Waals surface area contributed by atoms with Gasteiger partial charge in [0.15, 0.2) is 0 Å². The van der Waals surface area contributed by atoms with Gasteiger partial charge < -0.3 is 24.5 Å². The van der Waals surface area contributed by atoms with Crippen LogP contribution in [-0.4, -0.2) is 45.3 Å². The first-order valence-electron chi connectivity index (χ1n) is 11.5. The number of aliphatic hydroxyl groups is 3. The van der Waals surface area contributed by atoms with Crippen LogP contribution in [0, 0.1) is 28.6 Å². The highest BCUT2D eigenvalue weighted by Gasteiger charge is 2.85. The number of epoxide rings is 1. The summed E-state index contributed by atoms with van der Waals surface area (Å²) in [7, 11) is 0. The molecule has 1 saturated heterocycles. The van der Waals surface area contributed by atoms with Crippen molar-refractivity contribution in [3.05, 3.63) is 34.4 Å². The molecule has 3 N–H and O–H groups in total. The van der Waals surface area contributed by atoms with Crippen LogP contribution in [0.3, 0.4) is 0 Å². The Bertz CT molecular complexity index is 908. The second kappa shape index (κ2) is 5.97. The minimum atomic E-state index is -0.727. The number of aliphatic hydroxyl groups excluding tert-OH is 3. The van der Waals surface area contributed by atoms with Crippen LogP contribution in [-0.2, 0) is 4.74 Å². The van der Waals surface area contributed by atoms with Crippen molar-refractivity contribution in [1.29, 1.82) is 0 Å². The van der Waals surface area contributed by atoms with Crippen LogP contribution < -0.4 is 5.63 Å². The average Bonchev–Trinajstić information content (AvgIpc) is 3.42. The summed E-state index contributed by atoms with van der Waals surface area (Å²) in [6, 6.07) is 3.11. The molecule has 6 rings (SSSR count). The molecule has 30 heavy (non-hydrogen) atoms. The molecule has 6 nitrogen and oxygen atoms in total. The van der Waals surface area contributed by atoms with Crippen LogP contribution in [0.15, 0.2) is 27.6 Å². The maximum absolute atomic E-state index is 11.6. The fourth-order valence-electron chi connectivity index (χ4n) is 8.77. The van der Waals surface area contributed by atoms with E-state index in [4.69, 9.17) is 9.15 Å². The van der Waals surface area contributed by atoms with Gasteiger partial charge in [-0.3, -0.25) is 0 Å². The van der Waals surface area contributed by atoms with E-state index in [-0.39, 0.29) is 23.5 Å². The van der Waals surface area contributed by atoms with Gasteiger partial charge in [-0.15, -0.1) is 0 Å². The van der Waals surface area contributed by atoms with Crippen LogP contribution >= 0.6 is 0 Å². The molecule has 2 heterocycles. The monoisotopic (exact) mass is 416 g/mol. The van der Waals surface area contributed by atoms with Crippen molar-refractivity contribution in [1.82, 2.24) is 0 Å². The normalized spacial score (nSPS) is 56.4. The third-order valence-electron chi connectivity index (χ3n) is 10.3. The number of hydrogen-bond acceptors (Lipinski definition) is 6. The summed E-state index contributed by atoms with van der Waals surface area (Å²) >= 11 is 0. The van der Waals surface area contributed by atoms with E-state index in [1.807, 2.05) is 0 Å². The van der Waals surface area contributed by atoms with Crippen molar-refractivity contribution >= 4 is 0 Å². The number of ether oxygens (including phenoxy) is 1. The van der Waals surface area contributed by atoms with Crippen molar-refractivity contribution in [2.45, 2.75) is 88.3 Å². The van der Waals surface area contributed by atoms with Crippen LogP contribution in [0.2, 0.25) is 0 Å². The van der Waals surface area contributed by atoms with E-state index in [2.05, 4.69) is 13.8 Å². The Morgan fingerprint density at radius 2 is 1.83 bits per heavy atom. The summed E-state index contributed by atoms with van der Waals surface area (Å²) in [5, 5.41) is 33.1. The molecule has 0 radical (unpaired) electrons. The molecule has 1 aliphatic heterocycles. The van der Waals surface area contributed by atoms with E-state index in [0.29, 0.717) is 24.2 Å². The van der Waals surface area contributed by atoms with Crippen molar-refractivity contribution in [3.63, 3.8) is 0 Å². The number of fused-ring (bicyclic) bond motifs is 3. The maximum atomic E-state index is 11.6. The largest absolute Gasteiger partial charge is 0.431 e. The van der Waals surface area contributed by atoms with E-state index in [0.717, 1.165) is 37.7 Å². The van der Waals surface area contributed by atoms with Gasteiger partial charge in [-0.2, -0.15) is 0 Å². The number of hydrogen-bond donors (Lipinski definition) is 3. The lowest BCUT2D eigenvalue weighted by atomic mass is 9.43. The van der Waals surface area contributed by atoms with Gasteiger partial charge in [0.25, 0.3) is 0 Å². The molecule has 0 bridgehead atoms. The lowest BCUT2D eigenvalue weighted by Gasteiger charge is -2.62. The third-order valence-corrected chi connectivity index (χ3v) is 10.3. The van der Waals surface area contributed by atoms with Crippen LogP contribution in [0.25, 0.3) is 0 Å². The topological polar surface area (TPSA) is 103 Å². The van der Waals surface area contributed by atoms with E-state index in [1.54, 1.807) is 6.07 Å². The van der Waals surface area contributed by atoms with Crippen molar-refractivity contribution in [2.75, 3.05) is 0 Å². The van der Waals surface area contributed by atoms with E-state index in [9.17, 15) is 20.1 Å². The zero-order valence-corrected chi connectivity index (χ0v) is 17.7. The Labute approximate surface area is 176 Å². The first-order valence-corrected chi connectivity index (χ1v) is 11.5. The molecular weight excluding hydrogens is 384 g/mol. The van der Waals surface area contributed by atoms with Gasteiger partial charge in [-0.05, 0) is 73.3 Å². The van der Waals surface area contributed by atoms with Crippen molar-refractivity contribution < 1.29 is 24.5 Å². The molecule has 11 atom stereocenters. The summed E-state index contributed by atoms with van der Waals surface area (Å²) in [6.45, 7) is 4.43. The molecule has 0 unspecified atom stereocenters. The third kappa shape index (κ3) is 2.11. The fraction of sp³-hybridized carbons (Fsp3) is 0.792. The molecule has 164 valence electrons. The highest BCUT2D eigenvalue weighted by atomic mass is 16.6. The molecule has 4 saturated carbocycles. The van der Waals surface area contributed by atoms with Gasteiger partial charge in [-0.25, -0.2) is 4.79 Å². The summed E-state index contributed by atoms with van der Waals surface area (Å²) in [5.74, 6) is 0.785. The molecule has 5 aliphatic rings. The first kappa shape index (κ1) is 19.5. The molecule has 1 aromatic rings. The van der Waals surface area contributed by atoms with Crippen LogP contribution in [0.5, 0.6) is 0 Å². The summed E-state index contributed by atoms with van der Waals surface area (Å²) in [4.78, 5) is 11.5. The first-order chi connectivity index (χ1) is 14.2. The summed E-state index contributed by atoms with van der Waals surface area (Å²) in [5.41, 5.74) is -0.714. The Morgan fingerprint density at radius 1 is 1.03 bits per heavy atom. The second-order valence-electron chi connectivity index (χ2n) is 11.1. The quantitative estimate of drug-likeness (QED) is 0.607. The Kier molecular flexibility index (Phi) is 3.88. The van der Waals surface area contributed by atoms with Gasteiger partial charge in [0, 0.05) is 17.4 Å². The molecule has 5 fully saturated rings. The molecule has 0 amide bonds. The Balaban J connectivity index is 1.42. The fourth-order valence-corrected chi connectivity index (χ4v) is 8.77. The second-order valence-corrected chi connectivity index (χ2v) is 11.1. The molecule has 4 aliphatic carbocycles. The lowest BCUT2D eigenvalue weighted by Crippen LogP contribution is -2.63. The zero-order chi connectivity index (χ0) is 21.1. The minimum absolute atomic E-state index is 0.0955. The minimum Gasteiger partial charge on any atom is -0.431 e. The number of rotatable bonds is 1. The molecule has 6 heteroatoms. The average molecular weight is 417 g/mol. The predicted octanol–water partition coefficient (Wildman–Crippen LogP) is 2.20. The molecule has 1 spiro atoms. The molecule has 0 aromatic carbocycles. The lowest BCUT2D eigenvalue weighted by molar-refractivity contribution is -0.187.